The predicted octanol–water partition coefficient (Wildman–Crippen LogP) is 1.88. The molecule has 0 saturated heterocycles. The van der Waals surface area contributed by atoms with Crippen molar-refractivity contribution in [1.82, 2.24) is 9.62 Å². The molecule has 0 aliphatic heterocycles. The SMILES string of the molecule is CC=NNc1ccc(C(=O)N(C)C)c(S(=O)(=O)NC(C)(C)C)c1. The van der Waals surface area contributed by atoms with E-state index < -0.39 is 15.6 Å². The fraction of sp³-hybridized carbons (Fsp3) is 0.467. The lowest BCUT2D eigenvalue weighted by Crippen LogP contribution is -2.41. The Balaban J connectivity index is 3.47. The van der Waals surface area contributed by atoms with Gasteiger partial charge in [0.1, 0.15) is 0 Å². The Labute approximate surface area is 137 Å². The first-order valence-electron chi connectivity index (χ1n) is 7.11. The molecule has 1 aromatic carbocycles. The van der Waals surface area contributed by atoms with Crippen molar-refractivity contribution in [2.75, 3.05) is 19.5 Å². The van der Waals surface area contributed by atoms with Gasteiger partial charge in [-0.25, -0.2) is 13.1 Å². The highest BCUT2D eigenvalue weighted by Crippen LogP contribution is 2.23. The monoisotopic (exact) mass is 340 g/mol. The second-order valence-corrected chi connectivity index (χ2v) is 7.92. The maximum absolute atomic E-state index is 12.7. The van der Waals surface area contributed by atoms with E-state index in [2.05, 4.69) is 15.2 Å². The van der Waals surface area contributed by atoms with E-state index >= 15 is 0 Å². The number of hydrogen-bond donors (Lipinski definition) is 2. The van der Waals surface area contributed by atoms with Crippen LogP contribution in [0.4, 0.5) is 5.69 Å². The van der Waals surface area contributed by atoms with Crippen LogP contribution in [-0.2, 0) is 10.0 Å². The molecule has 0 aliphatic rings. The van der Waals surface area contributed by atoms with Crippen LogP contribution in [0.5, 0.6) is 0 Å². The van der Waals surface area contributed by atoms with Gasteiger partial charge in [0.15, 0.2) is 0 Å². The fourth-order valence-electron chi connectivity index (χ4n) is 1.83. The van der Waals surface area contributed by atoms with E-state index in [9.17, 15) is 13.2 Å². The van der Waals surface area contributed by atoms with Crippen molar-refractivity contribution < 1.29 is 13.2 Å². The number of hydrogen-bond acceptors (Lipinski definition) is 5. The molecular weight excluding hydrogens is 316 g/mol. The summed E-state index contributed by atoms with van der Waals surface area (Å²) in [5.41, 5.74) is 2.64. The van der Waals surface area contributed by atoms with Gasteiger partial charge in [-0.1, -0.05) is 0 Å². The maximum Gasteiger partial charge on any atom is 0.254 e. The number of carbonyl (C=O) groups is 1. The third-order valence-corrected chi connectivity index (χ3v) is 4.47. The van der Waals surface area contributed by atoms with Crippen molar-refractivity contribution >= 4 is 27.8 Å². The molecule has 0 spiro atoms. The van der Waals surface area contributed by atoms with E-state index in [1.54, 1.807) is 54.1 Å². The number of amides is 1. The molecule has 0 heterocycles. The van der Waals surface area contributed by atoms with Crippen LogP contribution in [0.1, 0.15) is 38.1 Å². The molecule has 0 bridgehead atoms. The van der Waals surface area contributed by atoms with Crippen molar-refractivity contribution in [3.05, 3.63) is 23.8 Å². The predicted molar refractivity (Wildman–Crippen MR) is 92.3 cm³/mol. The number of nitrogens with one attached hydrogen (secondary N) is 2. The maximum atomic E-state index is 12.7. The molecule has 23 heavy (non-hydrogen) atoms. The first kappa shape index (κ1) is 19.1. The minimum absolute atomic E-state index is 0.0811. The summed E-state index contributed by atoms with van der Waals surface area (Å²) in [5, 5.41) is 3.86. The number of benzene rings is 1. The highest BCUT2D eigenvalue weighted by molar-refractivity contribution is 7.89. The lowest BCUT2D eigenvalue weighted by atomic mass is 10.1. The number of anilines is 1. The molecular formula is C15H24N4O3S. The standard InChI is InChI=1S/C15H24N4O3S/c1-7-16-17-11-8-9-12(14(20)19(5)6)13(10-11)23(21,22)18-15(2,3)4/h7-10,17-18H,1-6H3. The van der Waals surface area contributed by atoms with Gasteiger partial charge in [-0.2, -0.15) is 5.10 Å². The van der Waals surface area contributed by atoms with E-state index in [-0.39, 0.29) is 16.4 Å². The number of nitrogens with zero attached hydrogens (tertiary/aromatic N) is 2. The number of rotatable bonds is 5. The first-order valence-corrected chi connectivity index (χ1v) is 8.59. The summed E-state index contributed by atoms with van der Waals surface area (Å²) in [6.07, 6.45) is 1.54. The normalized spacial score (nSPS) is 12.4. The molecule has 0 fully saturated rings. The second kappa shape index (κ2) is 7.10. The number of sulfonamides is 1. The molecule has 1 rings (SSSR count). The van der Waals surface area contributed by atoms with Crippen molar-refractivity contribution in [2.24, 2.45) is 5.10 Å². The Hall–Kier alpha value is -1.93. The summed E-state index contributed by atoms with van der Waals surface area (Å²) in [5.74, 6) is -0.384. The zero-order chi connectivity index (χ0) is 17.8. The molecule has 0 saturated carbocycles. The highest BCUT2D eigenvalue weighted by Gasteiger charge is 2.27. The Morgan fingerprint density at radius 1 is 1.26 bits per heavy atom. The van der Waals surface area contributed by atoms with Gasteiger partial charge < -0.3 is 4.90 Å². The molecule has 2 N–H and O–H groups in total. The van der Waals surface area contributed by atoms with Gasteiger partial charge in [-0.05, 0) is 45.9 Å². The minimum atomic E-state index is -3.86. The molecule has 0 atom stereocenters. The fourth-order valence-corrected chi connectivity index (χ4v) is 3.47. The summed E-state index contributed by atoms with van der Waals surface area (Å²) in [7, 11) is -0.718. The molecule has 8 heteroatoms. The molecule has 0 radical (unpaired) electrons. The summed E-state index contributed by atoms with van der Waals surface area (Å²) < 4.78 is 27.9. The van der Waals surface area contributed by atoms with E-state index in [4.69, 9.17) is 0 Å². The zero-order valence-corrected chi connectivity index (χ0v) is 15.2. The third-order valence-electron chi connectivity index (χ3n) is 2.67. The Kier molecular flexibility index (Phi) is 5.90. The van der Waals surface area contributed by atoms with Gasteiger partial charge in [0.25, 0.3) is 5.91 Å². The van der Waals surface area contributed by atoms with Gasteiger partial charge >= 0.3 is 0 Å². The van der Waals surface area contributed by atoms with Crippen LogP contribution in [0.15, 0.2) is 28.2 Å². The van der Waals surface area contributed by atoms with Crippen LogP contribution in [0.3, 0.4) is 0 Å². The lowest BCUT2D eigenvalue weighted by Gasteiger charge is -2.22. The largest absolute Gasteiger partial charge is 0.345 e. The number of carbonyl (C=O) groups excluding carboxylic acids is 1. The summed E-state index contributed by atoms with van der Waals surface area (Å²) in [6, 6.07) is 4.49. The van der Waals surface area contributed by atoms with Crippen LogP contribution < -0.4 is 10.1 Å². The van der Waals surface area contributed by atoms with Crippen LogP contribution in [0, 0.1) is 0 Å². The minimum Gasteiger partial charge on any atom is -0.345 e. The van der Waals surface area contributed by atoms with E-state index in [1.165, 1.54) is 17.0 Å². The van der Waals surface area contributed by atoms with Crippen LogP contribution in [-0.4, -0.2) is 45.1 Å². The average Bonchev–Trinajstić information content (AvgIpc) is 2.41. The molecule has 1 amide bonds. The smallest absolute Gasteiger partial charge is 0.254 e. The van der Waals surface area contributed by atoms with Crippen molar-refractivity contribution in [3.8, 4) is 0 Å². The highest BCUT2D eigenvalue weighted by atomic mass is 32.2. The topological polar surface area (TPSA) is 90.9 Å². The molecule has 128 valence electrons. The quantitative estimate of drug-likeness (QED) is 0.632. The average molecular weight is 340 g/mol. The van der Waals surface area contributed by atoms with Crippen LogP contribution in [0.25, 0.3) is 0 Å². The van der Waals surface area contributed by atoms with Gasteiger partial charge in [0.05, 0.1) is 16.1 Å². The van der Waals surface area contributed by atoms with Crippen LogP contribution >= 0.6 is 0 Å². The second-order valence-electron chi connectivity index (χ2n) is 6.27. The third kappa shape index (κ3) is 5.33. The summed E-state index contributed by atoms with van der Waals surface area (Å²) in [6.45, 7) is 6.94. The number of hydrazone groups is 1. The Bertz CT molecular complexity index is 704. The zero-order valence-electron chi connectivity index (χ0n) is 14.3. The summed E-state index contributed by atoms with van der Waals surface area (Å²) in [4.78, 5) is 13.5. The van der Waals surface area contributed by atoms with Crippen molar-refractivity contribution in [2.45, 2.75) is 38.1 Å². The first-order chi connectivity index (χ1) is 10.5. The lowest BCUT2D eigenvalue weighted by molar-refractivity contribution is 0.0824. The van der Waals surface area contributed by atoms with Crippen molar-refractivity contribution in [3.63, 3.8) is 0 Å². The molecule has 0 unspecified atom stereocenters. The van der Waals surface area contributed by atoms with E-state index in [1.807, 2.05) is 0 Å². The Morgan fingerprint density at radius 3 is 2.35 bits per heavy atom. The van der Waals surface area contributed by atoms with E-state index in [0.717, 1.165) is 0 Å². The van der Waals surface area contributed by atoms with Crippen LogP contribution in [0.2, 0.25) is 0 Å². The Morgan fingerprint density at radius 2 is 1.87 bits per heavy atom. The molecule has 1 aromatic rings. The molecule has 7 nitrogen and oxygen atoms in total. The van der Waals surface area contributed by atoms with Gasteiger partial charge in [0.2, 0.25) is 10.0 Å². The van der Waals surface area contributed by atoms with Gasteiger partial charge in [-0.15, -0.1) is 0 Å². The van der Waals surface area contributed by atoms with E-state index in [0.29, 0.717) is 5.69 Å². The summed E-state index contributed by atoms with van der Waals surface area (Å²) >= 11 is 0. The molecule has 0 aromatic heterocycles. The van der Waals surface area contributed by atoms with Gasteiger partial charge in [0, 0.05) is 25.8 Å². The van der Waals surface area contributed by atoms with Gasteiger partial charge in [-0.3, -0.25) is 10.2 Å². The molecule has 0 aliphatic carbocycles. The van der Waals surface area contributed by atoms with Crippen molar-refractivity contribution in [1.29, 1.82) is 0 Å².